The van der Waals surface area contributed by atoms with Gasteiger partial charge in [-0.2, -0.15) is 0 Å². The normalized spacial score (nSPS) is 20.3. The molecule has 0 aliphatic carbocycles. The molecule has 0 spiro atoms. The Labute approximate surface area is 102 Å². The summed E-state index contributed by atoms with van der Waals surface area (Å²) in [7, 11) is 1.97. The minimum absolute atomic E-state index is 0.0907. The van der Waals surface area contributed by atoms with Crippen molar-refractivity contribution in [2.24, 2.45) is 0 Å². The average Bonchev–Trinajstić information content (AvgIpc) is 2.20. The fourth-order valence-electron chi connectivity index (χ4n) is 2.71. The van der Waals surface area contributed by atoms with Crippen LogP contribution in [0.25, 0.3) is 0 Å². The highest BCUT2D eigenvalue weighted by Crippen LogP contribution is 2.31. The van der Waals surface area contributed by atoms with Crippen LogP contribution in [0.4, 0.5) is 0 Å². The SMILES string of the molecule is CC(=O)N(C(C)C)C1(C(=O)O)CCN(C)CC1. The molecule has 0 saturated carbocycles. The van der Waals surface area contributed by atoms with Crippen LogP contribution < -0.4 is 0 Å². The summed E-state index contributed by atoms with van der Waals surface area (Å²) in [6.07, 6.45) is 0.993. The number of carboxylic acid groups (broad SMARTS) is 1. The third kappa shape index (κ3) is 2.60. The van der Waals surface area contributed by atoms with Crippen LogP contribution in [-0.2, 0) is 9.59 Å². The second-order valence-corrected chi connectivity index (χ2v) is 5.12. The Morgan fingerprint density at radius 1 is 1.29 bits per heavy atom. The predicted octanol–water partition coefficient (Wildman–Crippen LogP) is 0.792. The Hall–Kier alpha value is -1.10. The van der Waals surface area contributed by atoms with Gasteiger partial charge in [-0.1, -0.05) is 0 Å². The smallest absolute Gasteiger partial charge is 0.329 e. The summed E-state index contributed by atoms with van der Waals surface area (Å²) in [5.41, 5.74) is -1.02. The van der Waals surface area contributed by atoms with Crippen LogP contribution in [-0.4, -0.2) is 58.5 Å². The molecular weight excluding hydrogens is 220 g/mol. The van der Waals surface area contributed by atoms with Crippen LogP contribution in [0.5, 0.6) is 0 Å². The zero-order valence-corrected chi connectivity index (χ0v) is 11.1. The van der Waals surface area contributed by atoms with Crippen LogP contribution in [0.1, 0.15) is 33.6 Å². The number of carbonyl (C=O) groups excluding carboxylic acids is 1. The number of amides is 1. The van der Waals surface area contributed by atoms with Crippen molar-refractivity contribution in [3.63, 3.8) is 0 Å². The van der Waals surface area contributed by atoms with E-state index in [2.05, 4.69) is 4.90 Å². The first-order chi connectivity index (χ1) is 7.81. The molecule has 1 fully saturated rings. The molecule has 0 aromatic heterocycles. The molecule has 17 heavy (non-hydrogen) atoms. The quantitative estimate of drug-likeness (QED) is 0.795. The summed E-state index contributed by atoms with van der Waals surface area (Å²) in [6, 6.07) is -0.0907. The number of likely N-dealkylation sites (tertiary alicyclic amines) is 1. The first kappa shape index (κ1) is 14.0. The van der Waals surface area contributed by atoms with E-state index in [-0.39, 0.29) is 11.9 Å². The topological polar surface area (TPSA) is 60.9 Å². The molecular formula is C12H22N2O3. The highest BCUT2D eigenvalue weighted by molar-refractivity contribution is 5.86. The van der Waals surface area contributed by atoms with E-state index in [4.69, 9.17) is 0 Å². The number of carboxylic acids is 1. The second kappa shape index (κ2) is 5.04. The van der Waals surface area contributed by atoms with Crippen LogP contribution >= 0.6 is 0 Å². The second-order valence-electron chi connectivity index (χ2n) is 5.12. The highest BCUT2D eigenvalue weighted by Gasteiger charge is 2.48. The maximum Gasteiger partial charge on any atom is 0.329 e. The van der Waals surface area contributed by atoms with Crippen LogP contribution in [0.2, 0.25) is 0 Å². The molecule has 1 saturated heterocycles. The molecule has 0 bridgehead atoms. The molecule has 1 amide bonds. The Bertz CT molecular complexity index is 307. The summed E-state index contributed by atoms with van der Waals surface area (Å²) in [5.74, 6) is -1.04. The molecule has 0 radical (unpaired) electrons. The van der Waals surface area contributed by atoms with Crippen molar-refractivity contribution in [3.05, 3.63) is 0 Å². The van der Waals surface area contributed by atoms with E-state index in [0.29, 0.717) is 25.9 Å². The fraction of sp³-hybridized carbons (Fsp3) is 0.833. The van der Waals surface area contributed by atoms with Gasteiger partial charge in [0, 0.05) is 26.1 Å². The van der Waals surface area contributed by atoms with Gasteiger partial charge in [-0.05, 0) is 33.7 Å². The van der Waals surface area contributed by atoms with Gasteiger partial charge in [0.25, 0.3) is 0 Å². The molecule has 1 aliphatic heterocycles. The number of hydrogen-bond donors (Lipinski definition) is 1. The molecule has 5 nitrogen and oxygen atoms in total. The first-order valence-electron chi connectivity index (χ1n) is 6.03. The van der Waals surface area contributed by atoms with E-state index < -0.39 is 11.5 Å². The monoisotopic (exact) mass is 242 g/mol. The van der Waals surface area contributed by atoms with Crippen molar-refractivity contribution in [2.75, 3.05) is 20.1 Å². The third-order valence-electron chi connectivity index (χ3n) is 3.53. The van der Waals surface area contributed by atoms with Crippen molar-refractivity contribution >= 4 is 11.9 Å². The van der Waals surface area contributed by atoms with Crippen molar-refractivity contribution in [3.8, 4) is 0 Å². The summed E-state index contributed by atoms with van der Waals surface area (Å²) in [4.78, 5) is 27.0. The molecule has 0 atom stereocenters. The van der Waals surface area contributed by atoms with Gasteiger partial charge in [0.2, 0.25) is 5.91 Å². The van der Waals surface area contributed by atoms with E-state index >= 15 is 0 Å². The fourth-order valence-corrected chi connectivity index (χ4v) is 2.71. The third-order valence-corrected chi connectivity index (χ3v) is 3.53. The molecule has 1 rings (SSSR count). The summed E-state index contributed by atoms with van der Waals surface area (Å²) >= 11 is 0. The number of nitrogens with zero attached hydrogens (tertiary/aromatic N) is 2. The van der Waals surface area contributed by atoms with Gasteiger partial charge in [-0.25, -0.2) is 4.79 Å². The lowest BCUT2D eigenvalue weighted by Gasteiger charge is -2.46. The van der Waals surface area contributed by atoms with Gasteiger partial charge in [0.15, 0.2) is 0 Å². The largest absolute Gasteiger partial charge is 0.479 e. The zero-order valence-electron chi connectivity index (χ0n) is 11.1. The minimum atomic E-state index is -1.02. The number of rotatable bonds is 3. The first-order valence-corrected chi connectivity index (χ1v) is 6.03. The van der Waals surface area contributed by atoms with Gasteiger partial charge in [-0.15, -0.1) is 0 Å². The van der Waals surface area contributed by atoms with Crippen LogP contribution in [0, 0.1) is 0 Å². The maximum atomic E-state index is 11.7. The molecule has 0 aromatic rings. The van der Waals surface area contributed by atoms with Crippen molar-refractivity contribution in [2.45, 2.75) is 45.2 Å². The number of piperidine rings is 1. The van der Waals surface area contributed by atoms with Crippen LogP contribution in [0.15, 0.2) is 0 Å². The Morgan fingerprint density at radius 3 is 2.06 bits per heavy atom. The standard InChI is InChI=1S/C12H22N2O3/c1-9(2)14(10(3)15)12(11(16)17)5-7-13(4)8-6-12/h9H,5-8H2,1-4H3,(H,16,17). The zero-order chi connectivity index (χ0) is 13.2. The number of aliphatic carboxylic acids is 1. The van der Waals surface area contributed by atoms with Gasteiger partial charge in [-0.3, -0.25) is 4.79 Å². The van der Waals surface area contributed by atoms with Crippen molar-refractivity contribution in [1.29, 1.82) is 0 Å². The van der Waals surface area contributed by atoms with E-state index in [1.54, 1.807) is 0 Å². The molecule has 5 heteroatoms. The summed E-state index contributed by atoms with van der Waals surface area (Å²) in [5, 5.41) is 9.53. The molecule has 0 unspecified atom stereocenters. The molecule has 1 heterocycles. The molecule has 0 aromatic carbocycles. The van der Waals surface area contributed by atoms with Crippen LogP contribution in [0.3, 0.4) is 0 Å². The summed E-state index contributed by atoms with van der Waals surface area (Å²) in [6.45, 7) is 6.60. The lowest BCUT2D eigenvalue weighted by Crippen LogP contribution is -2.63. The van der Waals surface area contributed by atoms with E-state index in [1.165, 1.54) is 11.8 Å². The Morgan fingerprint density at radius 2 is 1.76 bits per heavy atom. The van der Waals surface area contributed by atoms with Gasteiger partial charge in [0.1, 0.15) is 5.54 Å². The average molecular weight is 242 g/mol. The lowest BCUT2D eigenvalue weighted by molar-refractivity contribution is -0.164. The maximum absolute atomic E-state index is 11.7. The number of hydrogen-bond acceptors (Lipinski definition) is 3. The highest BCUT2D eigenvalue weighted by atomic mass is 16.4. The van der Waals surface area contributed by atoms with Gasteiger partial charge < -0.3 is 14.9 Å². The Balaban J connectivity index is 3.06. The predicted molar refractivity (Wildman–Crippen MR) is 64.8 cm³/mol. The van der Waals surface area contributed by atoms with E-state index in [0.717, 1.165) is 0 Å². The molecule has 1 aliphatic rings. The van der Waals surface area contributed by atoms with Gasteiger partial charge >= 0.3 is 5.97 Å². The van der Waals surface area contributed by atoms with Crippen molar-refractivity contribution < 1.29 is 14.7 Å². The van der Waals surface area contributed by atoms with Crippen molar-refractivity contribution in [1.82, 2.24) is 9.80 Å². The number of carbonyl (C=O) groups is 2. The van der Waals surface area contributed by atoms with Gasteiger partial charge in [0.05, 0.1) is 0 Å². The Kier molecular flexibility index (Phi) is 4.14. The molecule has 98 valence electrons. The van der Waals surface area contributed by atoms with E-state index in [9.17, 15) is 14.7 Å². The lowest BCUT2D eigenvalue weighted by atomic mass is 9.84. The summed E-state index contributed by atoms with van der Waals surface area (Å²) < 4.78 is 0. The molecule has 1 N–H and O–H groups in total. The van der Waals surface area contributed by atoms with E-state index in [1.807, 2.05) is 20.9 Å². The minimum Gasteiger partial charge on any atom is -0.479 e.